The van der Waals surface area contributed by atoms with E-state index in [1.54, 1.807) is 6.92 Å². The molecule has 0 amide bonds. The Morgan fingerprint density at radius 2 is 1.72 bits per heavy atom. The highest BCUT2D eigenvalue weighted by Gasteiger charge is 2.82. The number of carbonyl (C=O) groups is 1. The zero-order valence-corrected chi connectivity index (χ0v) is 37.1. The third-order valence-corrected chi connectivity index (χ3v) is 20.8. The molecule has 1 unspecified atom stereocenters. The van der Waals surface area contributed by atoms with E-state index in [2.05, 4.69) is 51.1 Å². The molecule has 8 nitrogen and oxygen atoms in total. The lowest BCUT2D eigenvalue weighted by molar-refractivity contribution is -0.284. The van der Waals surface area contributed by atoms with Gasteiger partial charge in [0.25, 0.3) is 0 Å². The quantitative estimate of drug-likeness (QED) is 0.193. The standard InChI is InChI=1S/C52H72O8/c1-7-60-26-36-34-11-10-31(30(2)55)21-32(34)22-37-35(36)13-17-48-18-14-41-47(6,43(58)25-53)42(57)15-20-51(37,41)44(48)40(56)23-38-39-24-45(3,4)27-49-16-8-9-33(49)12-19-50(59,28-46(38,48)5)52(39,49)29-54/h10-12,19,21-23,30,33,35,37,39,41-44,53-55,57-59H,7-9,13-18,20,24-29H2,1-6H3/t30-,33-,35+,37+,39+,41?,42-,43+,44-,46+,47-,48+,49+,50+,51+,52+/m0/s1. The van der Waals surface area contributed by atoms with Gasteiger partial charge in [0, 0.05) is 23.4 Å². The molecular formula is C52H72O8. The smallest absolute Gasteiger partial charge is 0.159 e. The van der Waals surface area contributed by atoms with Gasteiger partial charge in [-0.15, -0.1) is 0 Å². The van der Waals surface area contributed by atoms with Gasteiger partial charge in [-0.3, -0.25) is 4.79 Å². The van der Waals surface area contributed by atoms with Crippen molar-refractivity contribution >= 4 is 17.4 Å². The van der Waals surface area contributed by atoms with Gasteiger partial charge in [-0.1, -0.05) is 70.0 Å². The highest BCUT2D eigenvalue weighted by atomic mass is 16.5. The summed E-state index contributed by atoms with van der Waals surface area (Å²) in [6.45, 7) is 13.3. The van der Waals surface area contributed by atoms with Gasteiger partial charge in [0.05, 0.1) is 43.7 Å². The maximum absolute atomic E-state index is 16.2. The average Bonchev–Trinajstić information content (AvgIpc) is 3.58. The van der Waals surface area contributed by atoms with E-state index in [1.807, 2.05) is 26.0 Å². The highest BCUT2D eigenvalue weighted by molar-refractivity contribution is 5.96. The molecule has 1 aromatic rings. The van der Waals surface area contributed by atoms with Gasteiger partial charge in [0.1, 0.15) is 0 Å². The van der Waals surface area contributed by atoms with Crippen LogP contribution in [0.1, 0.15) is 130 Å². The van der Waals surface area contributed by atoms with Crippen LogP contribution in [0, 0.1) is 73.4 Å². The largest absolute Gasteiger partial charge is 0.396 e. The third-order valence-electron chi connectivity index (χ3n) is 20.8. The molecule has 0 aliphatic heterocycles. The van der Waals surface area contributed by atoms with Crippen molar-refractivity contribution in [3.05, 3.63) is 58.0 Å². The second-order valence-electron chi connectivity index (χ2n) is 23.1. The number of hydrogen-bond acceptors (Lipinski definition) is 8. The summed E-state index contributed by atoms with van der Waals surface area (Å²) in [4.78, 5) is 16.2. The summed E-state index contributed by atoms with van der Waals surface area (Å²) < 4.78 is 6.34. The van der Waals surface area contributed by atoms with E-state index in [4.69, 9.17) is 4.74 Å². The van der Waals surface area contributed by atoms with E-state index < -0.39 is 63.5 Å². The van der Waals surface area contributed by atoms with Crippen molar-refractivity contribution in [2.24, 2.45) is 73.4 Å². The SMILES string of the molecule is CCOCC1=c2ccc([C@H](C)O)cc2=C[C@@H]2[C@@H]1CC[C@@]13CCC4[C@](C)([C@H](O)CO)[C@@H](O)CC[C@]42[C@H]1C(=O)C=C1[C@H]2CC(C)(C)C[C@]45CCC[C@H]4C=C[C@@](O)(C[C@]13C)[C@]25CO. The summed E-state index contributed by atoms with van der Waals surface area (Å²) in [5.41, 5.74) is -2.09. The van der Waals surface area contributed by atoms with Gasteiger partial charge in [-0.05, 0) is 175 Å². The molecule has 2 bridgehead atoms. The van der Waals surface area contributed by atoms with Gasteiger partial charge in [0.15, 0.2) is 5.78 Å². The topological polar surface area (TPSA) is 148 Å². The predicted octanol–water partition coefficient (Wildman–Crippen LogP) is 5.68. The second kappa shape index (κ2) is 13.4. The Kier molecular flexibility index (Phi) is 9.36. The Hall–Kier alpha value is -2.17. The normalized spacial score (nSPS) is 49.0. The van der Waals surface area contributed by atoms with Crippen LogP contribution in [0.3, 0.4) is 0 Å². The predicted molar refractivity (Wildman–Crippen MR) is 230 cm³/mol. The fourth-order valence-corrected chi connectivity index (χ4v) is 18.7. The van der Waals surface area contributed by atoms with Crippen LogP contribution in [0.5, 0.6) is 0 Å². The molecule has 0 saturated heterocycles. The molecule has 6 fully saturated rings. The first kappa shape index (κ1) is 41.8. The fraction of sp³-hybridized carbons (Fsp3) is 0.750. The van der Waals surface area contributed by atoms with Crippen LogP contribution in [-0.2, 0) is 9.53 Å². The number of benzene rings is 1. The summed E-state index contributed by atoms with van der Waals surface area (Å²) >= 11 is 0. The molecule has 1 aromatic carbocycles. The van der Waals surface area contributed by atoms with E-state index in [1.165, 1.54) is 5.57 Å². The van der Waals surface area contributed by atoms with E-state index >= 15 is 4.79 Å². The Balaban J connectivity index is 1.25. The molecule has 2 spiro atoms. The van der Waals surface area contributed by atoms with Crippen molar-refractivity contribution in [1.82, 2.24) is 0 Å². The number of rotatable bonds is 7. The van der Waals surface area contributed by atoms with E-state index in [0.29, 0.717) is 45.3 Å². The number of ketones is 1. The van der Waals surface area contributed by atoms with Crippen molar-refractivity contribution in [2.75, 3.05) is 26.4 Å². The number of fused-ring (bicyclic) bond motifs is 4. The Morgan fingerprint density at radius 1 is 0.950 bits per heavy atom. The van der Waals surface area contributed by atoms with Crippen molar-refractivity contribution in [1.29, 1.82) is 0 Å². The van der Waals surface area contributed by atoms with Crippen molar-refractivity contribution in [3.63, 3.8) is 0 Å². The fourth-order valence-electron chi connectivity index (χ4n) is 18.7. The van der Waals surface area contributed by atoms with Crippen LogP contribution in [0.25, 0.3) is 11.6 Å². The molecular weight excluding hydrogens is 753 g/mol. The Morgan fingerprint density at radius 3 is 2.43 bits per heavy atom. The number of aliphatic hydroxyl groups is 6. The number of ether oxygens (including phenoxy) is 1. The molecule has 0 radical (unpaired) electrons. The minimum Gasteiger partial charge on any atom is -0.396 e. The van der Waals surface area contributed by atoms with Crippen LogP contribution < -0.4 is 10.4 Å². The zero-order chi connectivity index (χ0) is 42.6. The minimum atomic E-state index is -1.27. The molecule has 16 atom stereocenters. The molecule has 328 valence electrons. The van der Waals surface area contributed by atoms with E-state index in [-0.39, 0.29) is 52.8 Å². The van der Waals surface area contributed by atoms with E-state index in [0.717, 1.165) is 66.5 Å². The summed E-state index contributed by atoms with van der Waals surface area (Å²) in [6.07, 6.45) is 15.5. The maximum Gasteiger partial charge on any atom is 0.159 e. The van der Waals surface area contributed by atoms with Gasteiger partial charge < -0.3 is 35.4 Å². The molecule has 0 aromatic heterocycles. The van der Waals surface area contributed by atoms with Crippen LogP contribution >= 0.6 is 0 Å². The molecule has 0 heterocycles. The molecule has 9 aliphatic rings. The summed E-state index contributed by atoms with van der Waals surface area (Å²) in [7, 11) is 0. The lowest BCUT2D eigenvalue weighted by atomic mass is 9.27. The number of hydrogen-bond donors (Lipinski definition) is 6. The molecule has 60 heavy (non-hydrogen) atoms. The lowest BCUT2D eigenvalue weighted by Gasteiger charge is -2.77. The second-order valence-corrected chi connectivity index (χ2v) is 23.1. The van der Waals surface area contributed by atoms with E-state index in [9.17, 15) is 30.6 Å². The number of allylic oxidation sites excluding steroid dienone is 3. The first-order valence-corrected chi connectivity index (χ1v) is 23.8. The van der Waals surface area contributed by atoms with Gasteiger partial charge in [-0.2, -0.15) is 0 Å². The van der Waals surface area contributed by atoms with Crippen LogP contribution in [-0.4, -0.2) is 80.7 Å². The first-order valence-electron chi connectivity index (χ1n) is 23.8. The van der Waals surface area contributed by atoms with Crippen molar-refractivity contribution < 1.29 is 40.2 Å². The third kappa shape index (κ3) is 4.81. The number of carbonyl (C=O) groups excluding carboxylic acids is 1. The highest BCUT2D eigenvalue weighted by Crippen LogP contribution is 2.84. The van der Waals surface area contributed by atoms with Crippen LogP contribution in [0.4, 0.5) is 0 Å². The van der Waals surface area contributed by atoms with Crippen molar-refractivity contribution in [3.8, 4) is 0 Å². The molecule has 6 N–H and O–H groups in total. The molecule has 10 rings (SSSR count). The van der Waals surface area contributed by atoms with Crippen LogP contribution in [0.2, 0.25) is 0 Å². The first-order chi connectivity index (χ1) is 28.4. The summed E-state index contributed by atoms with van der Waals surface area (Å²) in [5, 5.41) is 73.5. The summed E-state index contributed by atoms with van der Waals surface area (Å²) in [5.74, 6) is -0.611. The monoisotopic (exact) mass is 825 g/mol. The average molecular weight is 825 g/mol. The Bertz CT molecular complexity index is 2150. The van der Waals surface area contributed by atoms with Gasteiger partial charge in [-0.25, -0.2) is 0 Å². The van der Waals surface area contributed by atoms with Crippen LogP contribution in [0.15, 0.2) is 42.0 Å². The zero-order valence-electron chi connectivity index (χ0n) is 37.1. The van der Waals surface area contributed by atoms with Crippen molar-refractivity contribution in [2.45, 2.75) is 143 Å². The van der Waals surface area contributed by atoms with Gasteiger partial charge >= 0.3 is 0 Å². The molecule has 9 aliphatic carbocycles. The minimum absolute atomic E-state index is 0.0176. The summed E-state index contributed by atoms with van der Waals surface area (Å²) in [6, 6.07) is 6.27. The Labute approximate surface area is 356 Å². The number of aliphatic hydroxyl groups excluding tert-OH is 5. The maximum atomic E-state index is 16.2. The molecule has 6 saturated carbocycles. The lowest BCUT2D eigenvalue weighted by Crippen LogP contribution is -2.77. The molecule has 8 heteroatoms. The van der Waals surface area contributed by atoms with Gasteiger partial charge in [0.2, 0.25) is 0 Å².